The average Bonchev–Trinajstić information content (AvgIpc) is 2.44. The zero-order valence-corrected chi connectivity index (χ0v) is 11.4. The van der Waals surface area contributed by atoms with Crippen molar-refractivity contribution in [3.05, 3.63) is 48.0 Å². The van der Waals surface area contributed by atoms with Crippen molar-refractivity contribution in [3.63, 3.8) is 0 Å². The number of fused-ring (bicyclic) bond motifs is 1. The Morgan fingerprint density at radius 1 is 1.21 bits per heavy atom. The number of nitrogens with two attached hydrogens (primary N) is 1. The summed E-state index contributed by atoms with van der Waals surface area (Å²) in [6, 6.07) is 14.0. The number of benzene rings is 2. The molecule has 1 unspecified atom stereocenters. The Hall–Kier alpha value is -1.87. The van der Waals surface area contributed by atoms with E-state index in [4.69, 9.17) is 5.73 Å². The average molecular weight is 256 g/mol. The number of hydrogen-bond acceptors (Lipinski definition) is 2. The van der Waals surface area contributed by atoms with Crippen LogP contribution in [0.4, 0.5) is 0 Å². The number of nitrogens with one attached hydrogen (secondary N) is 1. The van der Waals surface area contributed by atoms with Crippen molar-refractivity contribution < 1.29 is 4.79 Å². The Bertz CT molecular complexity index is 589. The van der Waals surface area contributed by atoms with Crippen molar-refractivity contribution in [2.24, 2.45) is 5.73 Å². The lowest BCUT2D eigenvalue weighted by molar-refractivity contribution is -0.124. The Morgan fingerprint density at radius 2 is 1.89 bits per heavy atom. The molecule has 2 aromatic rings. The first kappa shape index (κ1) is 13.6. The highest BCUT2D eigenvalue weighted by Gasteiger charge is 2.33. The van der Waals surface area contributed by atoms with Gasteiger partial charge in [0.15, 0.2) is 0 Å². The van der Waals surface area contributed by atoms with Crippen LogP contribution in [0.25, 0.3) is 10.8 Å². The van der Waals surface area contributed by atoms with Crippen molar-refractivity contribution in [1.82, 2.24) is 5.32 Å². The molecule has 100 valence electrons. The van der Waals surface area contributed by atoms with E-state index < -0.39 is 5.54 Å². The van der Waals surface area contributed by atoms with Crippen LogP contribution in [0.5, 0.6) is 0 Å². The Morgan fingerprint density at radius 3 is 2.58 bits per heavy atom. The SMILES string of the molecule is CCCNC(C)(C(N)=O)c1cccc2ccccc12. The van der Waals surface area contributed by atoms with E-state index in [1.54, 1.807) is 0 Å². The van der Waals surface area contributed by atoms with Gasteiger partial charge in [0.05, 0.1) is 0 Å². The van der Waals surface area contributed by atoms with Gasteiger partial charge in [-0.3, -0.25) is 10.1 Å². The van der Waals surface area contributed by atoms with Gasteiger partial charge in [0.25, 0.3) is 0 Å². The third kappa shape index (κ3) is 2.47. The normalized spacial score (nSPS) is 14.2. The van der Waals surface area contributed by atoms with Gasteiger partial charge >= 0.3 is 0 Å². The number of carbonyl (C=O) groups is 1. The second kappa shape index (κ2) is 5.41. The molecule has 2 aromatic carbocycles. The molecule has 0 aliphatic rings. The van der Waals surface area contributed by atoms with Gasteiger partial charge in [0.1, 0.15) is 5.54 Å². The van der Waals surface area contributed by atoms with Crippen LogP contribution < -0.4 is 11.1 Å². The van der Waals surface area contributed by atoms with Gasteiger partial charge < -0.3 is 5.73 Å². The smallest absolute Gasteiger partial charge is 0.242 e. The number of carbonyl (C=O) groups excluding carboxylic acids is 1. The largest absolute Gasteiger partial charge is 0.368 e. The predicted molar refractivity (Wildman–Crippen MR) is 78.8 cm³/mol. The summed E-state index contributed by atoms with van der Waals surface area (Å²) >= 11 is 0. The van der Waals surface area contributed by atoms with Crippen molar-refractivity contribution >= 4 is 16.7 Å². The van der Waals surface area contributed by atoms with E-state index in [0.29, 0.717) is 0 Å². The second-order valence-electron chi connectivity index (χ2n) is 4.94. The molecule has 0 spiro atoms. The monoisotopic (exact) mass is 256 g/mol. The fourth-order valence-electron chi connectivity index (χ4n) is 2.35. The Labute approximate surface area is 113 Å². The Balaban J connectivity index is 2.59. The van der Waals surface area contributed by atoms with Gasteiger partial charge in [-0.2, -0.15) is 0 Å². The van der Waals surface area contributed by atoms with Crippen molar-refractivity contribution in [3.8, 4) is 0 Å². The minimum atomic E-state index is -0.836. The number of hydrogen-bond donors (Lipinski definition) is 2. The molecule has 0 aliphatic heterocycles. The number of amides is 1. The van der Waals surface area contributed by atoms with E-state index in [9.17, 15) is 4.79 Å². The molecule has 3 nitrogen and oxygen atoms in total. The first-order valence-electron chi connectivity index (χ1n) is 6.62. The van der Waals surface area contributed by atoms with Crippen molar-refractivity contribution in [2.75, 3.05) is 6.54 Å². The van der Waals surface area contributed by atoms with Crippen LogP contribution in [-0.4, -0.2) is 12.5 Å². The molecule has 0 aromatic heterocycles. The molecule has 0 saturated heterocycles. The number of primary amides is 1. The molecule has 3 heteroatoms. The van der Waals surface area contributed by atoms with Gasteiger partial charge in [-0.05, 0) is 36.2 Å². The molecule has 19 heavy (non-hydrogen) atoms. The zero-order valence-electron chi connectivity index (χ0n) is 11.4. The van der Waals surface area contributed by atoms with Gasteiger partial charge in [0.2, 0.25) is 5.91 Å². The van der Waals surface area contributed by atoms with E-state index in [2.05, 4.69) is 12.2 Å². The van der Waals surface area contributed by atoms with Gasteiger partial charge in [0, 0.05) is 0 Å². The first-order chi connectivity index (χ1) is 9.09. The zero-order chi connectivity index (χ0) is 13.9. The van der Waals surface area contributed by atoms with Crippen LogP contribution in [0, 0.1) is 0 Å². The van der Waals surface area contributed by atoms with E-state index in [1.165, 1.54) is 0 Å². The quantitative estimate of drug-likeness (QED) is 0.863. The molecular weight excluding hydrogens is 236 g/mol. The molecule has 0 bridgehead atoms. The van der Waals surface area contributed by atoms with Crippen LogP contribution in [0.1, 0.15) is 25.8 Å². The third-order valence-electron chi connectivity index (χ3n) is 3.55. The fraction of sp³-hybridized carbons (Fsp3) is 0.312. The van der Waals surface area contributed by atoms with Crippen LogP contribution in [0.2, 0.25) is 0 Å². The minimum absolute atomic E-state index is 0.350. The molecule has 2 rings (SSSR count). The van der Waals surface area contributed by atoms with Crippen molar-refractivity contribution in [1.29, 1.82) is 0 Å². The molecule has 0 heterocycles. The van der Waals surface area contributed by atoms with E-state index >= 15 is 0 Å². The maximum atomic E-state index is 11.9. The molecule has 3 N–H and O–H groups in total. The van der Waals surface area contributed by atoms with Gasteiger partial charge in [-0.25, -0.2) is 0 Å². The highest BCUT2D eigenvalue weighted by Crippen LogP contribution is 2.28. The van der Waals surface area contributed by atoms with Crippen LogP contribution in [0.3, 0.4) is 0 Å². The Kier molecular flexibility index (Phi) is 3.86. The van der Waals surface area contributed by atoms with E-state index in [0.717, 1.165) is 29.3 Å². The molecule has 1 amide bonds. The van der Waals surface area contributed by atoms with Crippen LogP contribution in [-0.2, 0) is 10.3 Å². The number of rotatable bonds is 5. The predicted octanol–water partition coefficient (Wildman–Crippen LogP) is 2.54. The summed E-state index contributed by atoms with van der Waals surface area (Å²) < 4.78 is 0. The van der Waals surface area contributed by atoms with Crippen LogP contribution >= 0.6 is 0 Å². The highest BCUT2D eigenvalue weighted by molar-refractivity contribution is 5.94. The topological polar surface area (TPSA) is 55.1 Å². The third-order valence-corrected chi connectivity index (χ3v) is 3.55. The summed E-state index contributed by atoms with van der Waals surface area (Å²) in [5, 5.41) is 5.46. The summed E-state index contributed by atoms with van der Waals surface area (Å²) in [4.78, 5) is 11.9. The molecule has 0 saturated carbocycles. The fourth-order valence-corrected chi connectivity index (χ4v) is 2.35. The lowest BCUT2D eigenvalue weighted by Crippen LogP contribution is -2.50. The summed E-state index contributed by atoms with van der Waals surface area (Å²) in [6.07, 6.45) is 0.952. The lowest BCUT2D eigenvalue weighted by atomic mass is 9.87. The van der Waals surface area contributed by atoms with E-state index in [-0.39, 0.29) is 5.91 Å². The molecular formula is C16H20N2O. The summed E-state index contributed by atoms with van der Waals surface area (Å²) in [5.74, 6) is -0.350. The molecule has 0 radical (unpaired) electrons. The summed E-state index contributed by atoms with van der Waals surface area (Å²) in [7, 11) is 0. The molecule has 0 fully saturated rings. The lowest BCUT2D eigenvalue weighted by Gasteiger charge is -2.29. The van der Waals surface area contributed by atoms with E-state index in [1.807, 2.05) is 49.4 Å². The first-order valence-corrected chi connectivity index (χ1v) is 6.62. The molecule has 0 aliphatic carbocycles. The van der Waals surface area contributed by atoms with Crippen LogP contribution in [0.15, 0.2) is 42.5 Å². The highest BCUT2D eigenvalue weighted by atomic mass is 16.1. The van der Waals surface area contributed by atoms with Crippen molar-refractivity contribution in [2.45, 2.75) is 25.8 Å². The summed E-state index contributed by atoms with van der Waals surface area (Å²) in [5.41, 5.74) is 5.73. The maximum Gasteiger partial charge on any atom is 0.242 e. The summed E-state index contributed by atoms with van der Waals surface area (Å²) in [6.45, 7) is 4.67. The second-order valence-corrected chi connectivity index (χ2v) is 4.94. The maximum absolute atomic E-state index is 11.9. The standard InChI is InChI=1S/C16H20N2O/c1-3-11-18-16(2,15(17)19)14-10-6-8-12-7-4-5-9-13(12)14/h4-10,18H,3,11H2,1-2H3,(H2,17,19). The minimum Gasteiger partial charge on any atom is -0.368 e. The molecule has 1 atom stereocenters. The van der Waals surface area contributed by atoms with Gasteiger partial charge in [-0.1, -0.05) is 49.4 Å². The van der Waals surface area contributed by atoms with Gasteiger partial charge in [-0.15, -0.1) is 0 Å².